The number of amides is 1. The van der Waals surface area contributed by atoms with Gasteiger partial charge in [0.15, 0.2) is 4.80 Å². The van der Waals surface area contributed by atoms with Gasteiger partial charge in [-0.25, -0.2) is 4.79 Å². The van der Waals surface area contributed by atoms with Crippen LogP contribution in [0.2, 0.25) is 0 Å². The minimum Gasteiger partial charge on any atom is -0.462 e. The van der Waals surface area contributed by atoms with Gasteiger partial charge in [-0.05, 0) is 32.0 Å². The molecule has 0 atom stereocenters. The normalized spacial score (nSPS) is 11.8. The summed E-state index contributed by atoms with van der Waals surface area (Å²) in [5.74, 6) is -0.705. The summed E-state index contributed by atoms with van der Waals surface area (Å²) < 4.78 is 6.79. The number of carbonyl (C=O) groups excluding carboxylic acids is 2. The van der Waals surface area contributed by atoms with E-state index in [1.54, 1.807) is 36.4 Å². The molecule has 2 aromatic rings. The van der Waals surface area contributed by atoms with Crippen LogP contribution in [-0.2, 0) is 11.8 Å². The molecule has 0 radical (unpaired) electrons. The summed E-state index contributed by atoms with van der Waals surface area (Å²) in [6.45, 7) is 8.10. The maximum atomic E-state index is 12.5. The Morgan fingerprint density at radius 3 is 2.72 bits per heavy atom. The summed E-state index contributed by atoms with van der Waals surface area (Å²) in [6, 6.07) is 7.44. The Morgan fingerprint density at radius 2 is 2.08 bits per heavy atom. The molecule has 134 valence electrons. The molecule has 5 nitrogen and oxygen atoms in total. The van der Waals surface area contributed by atoms with Gasteiger partial charge in [0.2, 0.25) is 0 Å². The van der Waals surface area contributed by atoms with E-state index in [4.69, 9.17) is 4.74 Å². The molecule has 1 aromatic heterocycles. The number of benzene rings is 1. The van der Waals surface area contributed by atoms with E-state index in [1.807, 2.05) is 25.1 Å². The predicted octanol–water partition coefficient (Wildman–Crippen LogP) is 3.81. The van der Waals surface area contributed by atoms with E-state index in [0.29, 0.717) is 27.1 Å². The second-order valence-electron chi connectivity index (χ2n) is 5.69. The van der Waals surface area contributed by atoms with Gasteiger partial charge in [-0.15, -0.1) is 11.8 Å². The summed E-state index contributed by atoms with van der Waals surface area (Å²) in [7, 11) is 1.78. The molecule has 1 aromatic carbocycles. The molecule has 0 N–H and O–H groups in total. The lowest BCUT2D eigenvalue weighted by Gasteiger charge is -2.05. The Kier molecular flexibility index (Phi) is 6.61. The lowest BCUT2D eigenvalue weighted by molar-refractivity contribution is 0.0530. The summed E-state index contributed by atoms with van der Waals surface area (Å²) in [6.07, 6.45) is 0. The summed E-state index contributed by atoms with van der Waals surface area (Å²) >= 11 is 2.87. The molecule has 0 spiro atoms. The summed E-state index contributed by atoms with van der Waals surface area (Å²) in [4.78, 5) is 30.7. The van der Waals surface area contributed by atoms with Crippen molar-refractivity contribution in [3.05, 3.63) is 45.2 Å². The topological polar surface area (TPSA) is 60.7 Å². The van der Waals surface area contributed by atoms with Gasteiger partial charge < -0.3 is 9.30 Å². The zero-order valence-electron chi connectivity index (χ0n) is 15.0. The van der Waals surface area contributed by atoms with E-state index < -0.39 is 0 Å². The number of ether oxygens (including phenoxy) is 1. The van der Waals surface area contributed by atoms with Crippen molar-refractivity contribution in [2.24, 2.45) is 12.0 Å². The van der Waals surface area contributed by atoms with E-state index in [-0.39, 0.29) is 11.9 Å². The van der Waals surface area contributed by atoms with Crippen molar-refractivity contribution in [2.45, 2.75) is 37.8 Å². The Morgan fingerprint density at radius 1 is 1.36 bits per heavy atom. The lowest BCUT2D eigenvalue weighted by atomic mass is 10.2. The van der Waals surface area contributed by atoms with Crippen LogP contribution in [0.25, 0.3) is 0 Å². The van der Waals surface area contributed by atoms with Gasteiger partial charge in [0, 0.05) is 28.5 Å². The van der Waals surface area contributed by atoms with Crippen molar-refractivity contribution in [1.82, 2.24) is 4.57 Å². The molecule has 0 saturated carbocycles. The van der Waals surface area contributed by atoms with Gasteiger partial charge in [-0.2, -0.15) is 4.99 Å². The summed E-state index contributed by atoms with van der Waals surface area (Å²) in [5, 5.41) is 0.437. The highest BCUT2D eigenvalue weighted by atomic mass is 32.2. The van der Waals surface area contributed by atoms with Crippen LogP contribution in [0.1, 0.15) is 46.5 Å². The molecule has 1 heterocycles. The van der Waals surface area contributed by atoms with Gasteiger partial charge in [0.25, 0.3) is 5.91 Å². The molecule has 0 aliphatic rings. The Balaban J connectivity index is 2.36. The molecule has 1 amide bonds. The molecule has 2 rings (SSSR count). The van der Waals surface area contributed by atoms with Gasteiger partial charge >= 0.3 is 5.97 Å². The molecule has 0 aliphatic heterocycles. The molecule has 25 heavy (non-hydrogen) atoms. The van der Waals surface area contributed by atoms with Crippen molar-refractivity contribution < 1.29 is 14.3 Å². The van der Waals surface area contributed by atoms with Crippen LogP contribution in [0, 0.1) is 6.92 Å². The SMILES string of the molecule is CCOC(=O)c1sc(=NC(=O)c2cccc(SC(C)C)c2)n(C)c1C. The summed E-state index contributed by atoms with van der Waals surface area (Å²) in [5.41, 5.74) is 1.27. The van der Waals surface area contributed by atoms with Crippen molar-refractivity contribution >= 4 is 35.0 Å². The molecule has 0 aliphatic carbocycles. The predicted molar refractivity (Wildman–Crippen MR) is 101 cm³/mol. The number of nitrogens with zero attached hydrogens (tertiary/aromatic N) is 2. The number of carbonyl (C=O) groups is 2. The van der Waals surface area contributed by atoms with Crippen molar-refractivity contribution in [1.29, 1.82) is 0 Å². The van der Waals surface area contributed by atoms with E-state index in [2.05, 4.69) is 18.8 Å². The number of rotatable bonds is 5. The van der Waals surface area contributed by atoms with Crippen LogP contribution < -0.4 is 4.80 Å². The zero-order valence-corrected chi connectivity index (χ0v) is 16.7. The first kappa shape index (κ1) is 19.5. The number of hydrogen-bond donors (Lipinski definition) is 0. The average Bonchev–Trinajstić information content (AvgIpc) is 2.83. The first-order chi connectivity index (χ1) is 11.8. The van der Waals surface area contributed by atoms with Crippen molar-refractivity contribution in [3.8, 4) is 0 Å². The van der Waals surface area contributed by atoms with Crippen molar-refractivity contribution in [3.63, 3.8) is 0 Å². The molecule has 0 saturated heterocycles. The fraction of sp³-hybridized carbons (Fsp3) is 0.389. The van der Waals surface area contributed by atoms with Gasteiger partial charge in [-0.3, -0.25) is 4.79 Å². The van der Waals surface area contributed by atoms with Gasteiger partial charge in [-0.1, -0.05) is 31.3 Å². The molecule has 0 unspecified atom stereocenters. The lowest BCUT2D eigenvalue weighted by Crippen LogP contribution is -2.14. The van der Waals surface area contributed by atoms with E-state index >= 15 is 0 Å². The van der Waals surface area contributed by atoms with Crippen LogP contribution in [-0.4, -0.2) is 28.3 Å². The first-order valence-corrected chi connectivity index (χ1v) is 9.72. The molecule has 0 bridgehead atoms. The molecule has 0 fully saturated rings. The minimum atomic E-state index is -0.384. The number of thioether (sulfide) groups is 1. The average molecular weight is 379 g/mol. The van der Waals surface area contributed by atoms with Crippen LogP contribution in [0.5, 0.6) is 0 Å². The zero-order chi connectivity index (χ0) is 18.6. The smallest absolute Gasteiger partial charge is 0.350 e. The van der Waals surface area contributed by atoms with Crippen LogP contribution >= 0.6 is 23.1 Å². The standard InChI is InChI=1S/C18H22N2O3S2/c1-6-23-17(22)15-12(4)20(5)18(25-15)19-16(21)13-8-7-9-14(10-13)24-11(2)3/h7-11H,6H2,1-5H3. The highest BCUT2D eigenvalue weighted by molar-refractivity contribution is 7.99. The third-order valence-electron chi connectivity index (χ3n) is 3.42. The van der Waals surface area contributed by atoms with Crippen LogP contribution in [0.4, 0.5) is 0 Å². The Labute approximate surface area is 155 Å². The maximum absolute atomic E-state index is 12.5. The van der Waals surface area contributed by atoms with Crippen molar-refractivity contribution in [2.75, 3.05) is 6.61 Å². The third kappa shape index (κ3) is 4.83. The fourth-order valence-electron chi connectivity index (χ4n) is 2.14. The first-order valence-electron chi connectivity index (χ1n) is 8.02. The number of thiazole rings is 1. The number of esters is 1. The molecular formula is C18H22N2O3S2. The number of aromatic nitrogens is 1. The Hall–Kier alpha value is -1.86. The fourth-order valence-corrected chi connectivity index (χ4v) is 4.05. The highest BCUT2D eigenvalue weighted by Gasteiger charge is 2.17. The second kappa shape index (κ2) is 8.49. The highest BCUT2D eigenvalue weighted by Crippen LogP contribution is 2.23. The largest absolute Gasteiger partial charge is 0.462 e. The minimum absolute atomic E-state index is 0.311. The monoisotopic (exact) mass is 378 g/mol. The van der Waals surface area contributed by atoms with Gasteiger partial charge in [0.05, 0.1) is 6.61 Å². The van der Waals surface area contributed by atoms with Crippen LogP contribution in [0.3, 0.4) is 0 Å². The Bertz CT molecular complexity index is 850. The second-order valence-corrected chi connectivity index (χ2v) is 8.32. The maximum Gasteiger partial charge on any atom is 0.350 e. The van der Waals surface area contributed by atoms with E-state index in [0.717, 1.165) is 10.6 Å². The van der Waals surface area contributed by atoms with Gasteiger partial charge in [0.1, 0.15) is 4.88 Å². The number of hydrogen-bond acceptors (Lipinski definition) is 5. The third-order valence-corrected chi connectivity index (χ3v) is 5.63. The van der Waals surface area contributed by atoms with E-state index in [1.165, 1.54) is 11.3 Å². The molecule has 7 heteroatoms. The molecular weight excluding hydrogens is 356 g/mol. The quantitative estimate of drug-likeness (QED) is 0.586. The van der Waals surface area contributed by atoms with Crippen LogP contribution in [0.15, 0.2) is 34.2 Å². The van der Waals surface area contributed by atoms with E-state index in [9.17, 15) is 9.59 Å².